The summed E-state index contributed by atoms with van der Waals surface area (Å²) in [5.41, 5.74) is 6.79. The summed E-state index contributed by atoms with van der Waals surface area (Å²) < 4.78 is 32.5. The Kier molecular flexibility index (Phi) is 14.9. The van der Waals surface area contributed by atoms with Gasteiger partial charge in [-0.1, -0.05) is 6.07 Å². The minimum Gasteiger partial charge on any atom is -0.379 e. The highest BCUT2D eigenvalue weighted by molar-refractivity contribution is 6.23. The Morgan fingerprint density at radius 3 is 1.76 bits per heavy atom. The number of hydrogen-bond acceptors (Lipinski definition) is 11. The average Bonchev–Trinajstić information content (AvgIpc) is 3.21. The number of piperidine rings is 1. The van der Waals surface area contributed by atoms with Gasteiger partial charge in [-0.15, -0.1) is 0 Å². The van der Waals surface area contributed by atoms with Gasteiger partial charge in [-0.05, 0) is 37.0 Å². The zero-order valence-electron chi connectivity index (χ0n) is 23.4. The van der Waals surface area contributed by atoms with Crippen LogP contribution in [-0.2, 0) is 44.4 Å². The van der Waals surface area contributed by atoms with Crippen LogP contribution < -0.4 is 11.1 Å². The lowest BCUT2D eigenvalue weighted by Gasteiger charge is -2.27. The van der Waals surface area contributed by atoms with Crippen molar-refractivity contribution in [2.24, 2.45) is 5.73 Å². The van der Waals surface area contributed by atoms with Gasteiger partial charge < -0.3 is 34.2 Å². The van der Waals surface area contributed by atoms with Crippen LogP contribution in [0.4, 0.5) is 0 Å². The van der Waals surface area contributed by atoms with Crippen molar-refractivity contribution in [1.29, 1.82) is 0 Å². The molecule has 2 aliphatic heterocycles. The normalized spacial score (nSPS) is 16.9. The molecule has 2 heterocycles. The van der Waals surface area contributed by atoms with E-state index in [1.807, 2.05) is 0 Å². The van der Waals surface area contributed by atoms with Gasteiger partial charge in [0.25, 0.3) is 11.8 Å². The standard InChI is InChI=1S/C28H41N3O10/c29-7-9-37-11-13-39-15-17-41-19-18-40-16-14-38-12-10-36-8-1-2-21-3-4-22-23(20-21)28(35)31(27(22)34)24-5-6-25(32)30-26(24)33/h3-4,20,24H,1-2,5-19,29H2,(H,30,32,33). The maximum absolute atomic E-state index is 12.9. The van der Waals surface area contributed by atoms with E-state index in [1.165, 1.54) is 0 Å². The van der Waals surface area contributed by atoms with Crippen molar-refractivity contribution in [2.45, 2.75) is 31.7 Å². The van der Waals surface area contributed by atoms with Gasteiger partial charge in [0.05, 0.1) is 83.8 Å². The van der Waals surface area contributed by atoms with Crippen molar-refractivity contribution < 1.29 is 47.6 Å². The fourth-order valence-electron chi connectivity index (χ4n) is 4.34. The lowest BCUT2D eigenvalue weighted by Crippen LogP contribution is -2.54. The highest BCUT2D eigenvalue weighted by Crippen LogP contribution is 2.28. The molecule has 0 spiro atoms. The first-order valence-electron chi connectivity index (χ1n) is 14.0. The van der Waals surface area contributed by atoms with Crippen molar-refractivity contribution in [2.75, 3.05) is 85.8 Å². The third kappa shape index (κ3) is 10.9. The van der Waals surface area contributed by atoms with Crippen LogP contribution in [0.25, 0.3) is 0 Å². The number of nitrogens with two attached hydrogens (primary N) is 1. The van der Waals surface area contributed by atoms with Gasteiger partial charge in [0.1, 0.15) is 6.04 Å². The van der Waals surface area contributed by atoms with Crippen LogP contribution >= 0.6 is 0 Å². The van der Waals surface area contributed by atoms with E-state index in [1.54, 1.807) is 18.2 Å². The maximum atomic E-state index is 12.9. The molecule has 3 N–H and O–H groups in total. The highest BCUT2D eigenvalue weighted by atomic mass is 16.6. The molecular weight excluding hydrogens is 538 g/mol. The summed E-state index contributed by atoms with van der Waals surface area (Å²) in [6.07, 6.45) is 1.62. The van der Waals surface area contributed by atoms with E-state index in [2.05, 4.69) is 5.32 Å². The molecule has 1 saturated heterocycles. The van der Waals surface area contributed by atoms with E-state index in [-0.39, 0.29) is 24.0 Å². The number of nitrogens with zero attached hydrogens (tertiary/aromatic N) is 1. The molecule has 1 unspecified atom stereocenters. The van der Waals surface area contributed by atoms with Crippen LogP contribution in [-0.4, -0.2) is 120 Å². The van der Waals surface area contributed by atoms with Gasteiger partial charge in [-0.2, -0.15) is 0 Å². The van der Waals surface area contributed by atoms with Crippen LogP contribution in [0.5, 0.6) is 0 Å². The van der Waals surface area contributed by atoms with Crippen LogP contribution in [0.2, 0.25) is 0 Å². The lowest BCUT2D eigenvalue weighted by atomic mass is 10.0. The summed E-state index contributed by atoms with van der Waals surface area (Å²) in [5, 5.41) is 2.20. The monoisotopic (exact) mass is 579 g/mol. The minimum atomic E-state index is -0.964. The zero-order valence-corrected chi connectivity index (χ0v) is 23.4. The highest BCUT2D eigenvalue weighted by Gasteiger charge is 2.44. The second-order valence-electron chi connectivity index (χ2n) is 9.39. The summed E-state index contributed by atoms with van der Waals surface area (Å²) >= 11 is 0. The molecule has 0 aromatic heterocycles. The molecule has 0 saturated carbocycles. The van der Waals surface area contributed by atoms with Gasteiger partial charge in [0.2, 0.25) is 11.8 Å². The Morgan fingerprint density at radius 1 is 0.707 bits per heavy atom. The topological polar surface area (TPSA) is 165 Å². The molecule has 1 aromatic carbocycles. The van der Waals surface area contributed by atoms with E-state index in [0.717, 1.165) is 16.9 Å². The van der Waals surface area contributed by atoms with E-state index in [4.69, 9.17) is 34.2 Å². The molecule has 1 fully saturated rings. The van der Waals surface area contributed by atoms with Crippen LogP contribution in [0, 0.1) is 0 Å². The number of fused-ring (bicyclic) bond motifs is 1. The number of aryl methyl sites for hydroxylation is 1. The molecular formula is C28H41N3O10. The van der Waals surface area contributed by atoms with E-state index >= 15 is 0 Å². The van der Waals surface area contributed by atoms with Crippen LogP contribution in [0.3, 0.4) is 0 Å². The first-order chi connectivity index (χ1) is 20.0. The number of rotatable bonds is 22. The first-order valence-corrected chi connectivity index (χ1v) is 14.0. The predicted octanol–water partition coefficient (Wildman–Crippen LogP) is 0.0787. The van der Waals surface area contributed by atoms with E-state index < -0.39 is 29.7 Å². The average molecular weight is 580 g/mol. The van der Waals surface area contributed by atoms with Gasteiger partial charge in [-0.3, -0.25) is 29.4 Å². The fraction of sp³-hybridized carbons (Fsp3) is 0.643. The molecule has 228 valence electrons. The summed E-state index contributed by atoms with van der Waals surface area (Å²) in [6, 6.07) is 4.16. The quantitative estimate of drug-likeness (QED) is 0.141. The second-order valence-corrected chi connectivity index (χ2v) is 9.39. The molecule has 1 atom stereocenters. The zero-order chi connectivity index (χ0) is 29.3. The number of nitrogens with one attached hydrogen (secondary N) is 1. The molecule has 2 aliphatic rings. The minimum absolute atomic E-state index is 0.0915. The molecule has 13 nitrogen and oxygen atoms in total. The number of imide groups is 2. The van der Waals surface area contributed by atoms with Gasteiger partial charge in [-0.25, -0.2) is 0 Å². The number of benzene rings is 1. The van der Waals surface area contributed by atoms with Gasteiger partial charge in [0.15, 0.2) is 0 Å². The molecule has 41 heavy (non-hydrogen) atoms. The number of carbonyl (C=O) groups excluding carboxylic acids is 4. The van der Waals surface area contributed by atoms with Crippen molar-refractivity contribution in [3.05, 3.63) is 34.9 Å². The molecule has 0 aliphatic carbocycles. The Bertz CT molecular complexity index is 1010. The number of hydrogen-bond donors (Lipinski definition) is 2. The van der Waals surface area contributed by atoms with Gasteiger partial charge in [0, 0.05) is 19.6 Å². The third-order valence-corrected chi connectivity index (χ3v) is 6.38. The smallest absolute Gasteiger partial charge is 0.262 e. The molecule has 1 aromatic rings. The number of amides is 4. The van der Waals surface area contributed by atoms with Crippen molar-refractivity contribution in [3.8, 4) is 0 Å². The fourth-order valence-corrected chi connectivity index (χ4v) is 4.34. The number of ether oxygens (including phenoxy) is 6. The van der Waals surface area contributed by atoms with E-state index in [0.29, 0.717) is 92.2 Å². The Labute approximate surface area is 239 Å². The van der Waals surface area contributed by atoms with E-state index in [9.17, 15) is 19.2 Å². The summed E-state index contributed by atoms with van der Waals surface area (Å²) in [6.45, 7) is 6.46. The summed E-state index contributed by atoms with van der Waals surface area (Å²) in [4.78, 5) is 50.3. The molecule has 4 amide bonds. The Morgan fingerprint density at radius 2 is 1.22 bits per heavy atom. The van der Waals surface area contributed by atoms with Crippen molar-refractivity contribution in [1.82, 2.24) is 10.2 Å². The van der Waals surface area contributed by atoms with Gasteiger partial charge >= 0.3 is 0 Å². The maximum Gasteiger partial charge on any atom is 0.262 e. The van der Waals surface area contributed by atoms with Crippen LogP contribution in [0.15, 0.2) is 18.2 Å². The molecule has 3 rings (SSSR count). The molecule has 0 radical (unpaired) electrons. The second kappa shape index (κ2) is 18.6. The Hall–Kier alpha value is -2.78. The molecule has 13 heteroatoms. The predicted molar refractivity (Wildman–Crippen MR) is 145 cm³/mol. The molecule has 0 bridgehead atoms. The summed E-state index contributed by atoms with van der Waals surface area (Å²) in [7, 11) is 0. The van der Waals surface area contributed by atoms with Crippen molar-refractivity contribution >= 4 is 23.6 Å². The van der Waals surface area contributed by atoms with Crippen LogP contribution in [0.1, 0.15) is 45.5 Å². The lowest BCUT2D eigenvalue weighted by molar-refractivity contribution is -0.136. The Balaban J connectivity index is 1.17. The van der Waals surface area contributed by atoms with Crippen molar-refractivity contribution in [3.63, 3.8) is 0 Å². The largest absolute Gasteiger partial charge is 0.379 e. The third-order valence-electron chi connectivity index (χ3n) is 6.38. The first kappa shape index (κ1) is 32.7. The summed E-state index contributed by atoms with van der Waals surface area (Å²) in [5.74, 6) is -2.02. The number of carbonyl (C=O) groups is 4. The SMILES string of the molecule is NCCOCCOCCOCCOCCOCCOCCCc1ccc2c(c1)C(=O)N(C1CCC(=O)NC1=O)C2=O.